The lowest BCUT2D eigenvalue weighted by Gasteiger charge is -2.29. The minimum absolute atomic E-state index is 0.384. The fraction of sp³-hybridized carbons (Fsp3) is 0.875. The summed E-state index contributed by atoms with van der Waals surface area (Å²) in [5.74, 6) is 0.597. The second-order valence-electron chi connectivity index (χ2n) is 3.60. The normalized spacial score (nSPS) is 23.5. The highest BCUT2D eigenvalue weighted by Gasteiger charge is 2.24. The lowest BCUT2D eigenvalue weighted by molar-refractivity contribution is 0.205. The highest BCUT2D eigenvalue weighted by atomic mass is 15.5. The molecule has 0 amide bonds. The van der Waals surface area contributed by atoms with Crippen molar-refractivity contribution in [3.05, 3.63) is 0 Å². The first-order valence-electron chi connectivity index (χ1n) is 4.19. The molecule has 0 aliphatic carbocycles. The molecule has 0 saturated carbocycles. The number of hydrogen-bond acceptors (Lipinski definition) is 3. The van der Waals surface area contributed by atoms with E-state index in [0.717, 1.165) is 0 Å². The van der Waals surface area contributed by atoms with E-state index in [1.165, 1.54) is 0 Å². The van der Waals surface area contributed by atoms with Gasteiger partial charge in [0.05, 0.1) is 0 Å². The van der Waals surface area contributed by atoms with Crippen LogP contribution >= 0.6 is 0 Å². The van der Waals surface area contributed by atoms with E-state index in [2.05, 4.69) is 43.1 Å². The topological polar surface area (TPSA) is 27.6 Å². The molecule has 0 radical (unpaired) electrons. The SMILES string of the molecule is CC(C)C1NN=CN1C(C)C. The zero-order chi connectivity index (χ0) is 8.43. The van der Waals surface area contributed by atoms with Crippen LogP contribution in [0, 0.1) is 5.92 Å². The molecule has 0 bridgehead atoms. The van der Waals surface area contributed by atoms with Crippen LogP contribution in [-0.4, -0.2) is 23.4 Å². The Morgan fingerprint density at radius 3 is 2.36 bits per heavy atom. The molecule has 1 rings (SSSR count). The molecular formula is C8H17N3. The van der Waals surface area contributed by atoms with Crippen LogP contribution in [0.5, 0.6) is 0 Å². The second kappa shape index (κ2) is 3.11. The largest absolute Gasteiger partial charge is 0.337 e. The van der Waals surface area contributed by atoms with Gasteiger partial charge in [-0.25, -0.2) is 0 Å². The van der Waals surface area contributed by atoms with Gasteiger partial charge in [-0.1, -0.05) is 13.8 Å². The van der Waals surface area contributed by atoms with Gasteiger partial charge in [0.15, 0.2) is 0 Å². The van der Waals surface area contributed by atoms with Crippen LogP contribution in [0.3, 0.4) is 0 Å². The van der Waals surface area contributed by atoms with Crippen molar-refractivity contribution in [2.45, 2.75) is 39.9 Å². The smallest absolute Gasteiger partial charge is 0.118 e. The van der Waals surface area contributed by atoms with Crippen LogP contribution in [-0.2, 0) is 0 Å². The maximum atomic E-state index is 4.04. The van der Waals surface area contributed by atoms with Crippen molar-refractivity contribution in [2.24, 2.45) is 11.0 Å². The molecule has 1 aliphatic rings. The van der Waals surface area contributed by atoms with E-state index in [4.69, 9.17) is 0 Å². The molecule has 3 heteroatoms. The first kappa shape index (κ1) is 8.37. The van der Waals surface area contributed by atoms with Gasteiger partial charge >= 0.3 is 0 Å². The number of hydrazone groups is 1. The Labute approximate surface area is 68.5 Å². The fourth-order valence-electron chi connectivity index (χ4n) is 1.26. The summed E-state index contributed by atoms with van der Waals surface area (Å²) in [6, 6.07) is 0.529. The zero-order valence-corrected chi connectivity index (χ0v) is 7.70. The molecule has 11 heavy (non-hydrogen) atoms. The average molecular weight is 155 g/mol. The third kappa shape index (κ3) is 1.64. The van der Waals surface area contributed by atoms with Crippen LogP contribution in [0.4, 0.5) is 0 Å². The maximum Gasteiger partial charge on any atom is 0.118 e. The van der Waals surface area contributed by atoms with Crippen molar-refractivity contribution >= 4 is 6.34 Å². The predicted molar refractivity (Wildman–Crippen MR) is 47.2 cm³/mol. The molecule has 0 fully saturated rings. The van der Waals surface area contributed by atoms with Gasteiger partial charge in [-0.05, 0) is 19.8 Å². The third-order valence-corrected chi connectivity index (χ3v) is 1.95. The lowest BCUT2D eigenvalue weighted by atomic mass is 10.1. The third-order valence-electron chi connectivity index (χ3n) is 1.95. The second-order valence-corrected chi connectivity index (χ2v) is 3.60. The molecule has 1 aliphatic heterocycles. The molecule has 0 saturated heterocycles. The molecule has 0 aromatic carbocycles. The summed E-state index contributed by atoms with van der Waals surface area (Å²) in [6.07, 6.45) is 2.27. The highest BCUT2D eigenvalue weighted by Crippen LogP contribution is 2.12. The molecule has 3 nitrogen and oxygen atoms in total. The van der Waals surface area contributed by atoms with Crippen LogP contribution < -0.4 is 5.43 Å². The van der Waals surface area contributed by atoms with Crippen LogP contribution in [0.1, 0.15) is 27.7 Å². The highest BCUT2D eigenvalue weighted by molar-refractivity contribution is 5.57. The summed E-state index contributed by atoms with van der Waals surface area (Å²) in [4.78, 5) is 2.24. The number of rotatable bonds is 2. The number of nitrogens with zero attached hydrogens (tertiary/aromatic N) is 2. The summed E-state index contributed by atoms with van der Waals surface area (Å²) in [5.41, 5.74) is 3.08. The van der Waals surface area contributed by atoms with Gasteiger partial charge in [0, 0.05) is 6.04 Å². The molecule has 0 spiro atoms. The van der Waals surface area contributed by atoms with Gasteiger partial charge in [0.25, 0.3) is 0 Å². The summed E-state index contributed by atoms with van der Waals surface area (Å²) >= 11 is 0. The zero-order valence-electron chi connectivity index (χ0n) is 7.70. The molecule has 1 unspecified atom stereocenters. The van der Waals surface area contributed by atoms with Crippen molar-refractivity contribution in [3.63, 3.8) is 0 Å². The van der Waals surface area contributed by atoms with E-state index in [1.807, 2.05) is 6.34 Å². The summed E-state index contributed by atoms with van der Waals surface area (Å²) in [5, 5.41) is 4.04. The first-order valence-corrected chi connectivity index (χ1v) is 4.19. The van der Waals surface area contributed by atoms with Crippen molar-refractivity contribution in [1.82, 2.24) is 10.3 Å². The van der Waals surface area contributed by atoms with Gasteiger partial charge in [0.1, 0.15) is 12.5 Å². The molecule has 1 atom stereocenters. The predicted octanol–water partition coefficient (Wildman–Crippen LogP) is 1.23. The Balaban J connectivity index is 2.56. The fourth-order valence-corrected chi connectivity index (χ4v) is 1.26. The van der Waals surface area contributed by atoms with Gasteiger partial charge in [-0.15, -0.1) is 0 Å². The van der Waals surface area contributed by atoms with E-state index in [-0.39, 0.29) is 0 Å². The molecule has 1 N–H and O–H groups in total. The number of nitrogens with one attached hydrogen (secondary N) is 1. The van der Waals surface area contributed by atoms with E-state index >= 15 is 0 Å². The Hall–Kier alpha value is -0.730. The Morgan fingerprint density at radius 1 is 1.36 bits per heavy atom. The van der Waals surface area contributed by atoms with E-state index < -0.39 is 0 Å². The molecule has 1 heterocycles. The van der Waals surface area contributed by atoms with E-state index in [0.29, 0.717) is 18.1 Å². The number of hydrogen-bond donors (Lipinski definition) is 1. The first-order chi connectivity index (χ1) is 5.13. The Kier molecular flexibility index (Phi) is 2.37. The van der Waals surface area contributed by atoms with E-state index in [1.54, 1.807) is 0 Å². The van der Waals surface area contributed by atoms with Crippen LogP contribution in [0.2, 0.25) is 0 Å². The summed E-state index contributed by atoms with van der Waals surface area (Å²) < 4.78 is 0. The summed E-state index contributed by atoms with van der Waals surface area (Å²) in [6.45, 7) is 8.74. The molecule has 0 aromatic heterocycles. The standard InChI is InChI=1S/C8H17N3/c1-6(2)8-10-9-5-11(8)7(3)4/h5-8,10H,1-4H3. The Morgan fingerprint density at radius 2 is 2.00 bits per heavy atom. The lowest BCUT2D eigenvalue weighted by Crippen LogP contribution is -2.44. The molecule has 64 valence electrons. The van der Waals surface area contributed by atoms with Crippen LogP contribution in [0.25, 0.3) is 0 Å². The van der Waals surface area contributed by atoms with Crippen molar-refractivity contribution in [2.75, 3.05) is 0 Å². The van der Waals surface area contributed by atoms with Crippen molar-refractivity contribution in [3.8, 4) is 0 Å². The van der Waals surface area contributed by atoms with Crippen molar-refractivity contribution in [1.29, 1.82) is 0 Å². The minimum atomic E-state index is 0.384. The minimum Gasteiger partial charge on any atom is -0.337 e. The van der Waals surface area contributed by atoms with Gasteiger partial charge in [0.2, 0.25) is 0 Å². The maximum absolute atomic E-state index is 4.04. The van der Waals surface area contributed by atoms with Crippen LogP contribution in [0.15, 0.2) is 5.10 Å². The van der Waals surface area contributed by atoms with E-state index in [9.17, 15) is 0 Å². The Bertz CT molecular complexity index is 151. The average Bonchev–Trinajstić information content (AvgIpc) is 2.32. The van der Waals surface area contributed by atoms with Gasteiger partial charge < -0.3 is 4.90 Å². The quantitative estimate of drug-likeness (QED) is 0.649. The van der Waals surface area contributed by atoms with Crippen molar-refractivity contribution < 1.29 is 0 Å². The molecular weight excluding hydrogens is 138 g/mol. The summed E-state index contributed by atoms with van der Waals surface area (Å²) in [7, 11) is 0. The van der Waals surface area contributed by atoms with Gasteiger partial charge in [-0.3, -0.25) is 5.43 Å². The monoisotopic (exact) mass is 155 g/mol. The van der Waals surface area contributed by atoms with Gasteiger partial charge in [-0.2, -0.15) is 5.10 Å². The molecule has 0 aromatic rings.